The predicted octanol–water partition coefficient (Wildman–Crippen LogP) is 0.772. The standard InChI is InChI=1S/C10H16O4S.C6H11F2NO3/c1-9(2)7-3-4-10(9,8(11)5-7)6-15(12,13)14;1-6(11,5(7)8)3(9)4(10)12-2/h7H,3-6H2,1-2H3,(H,12,13,14);3,5,11H,9H2,1-2H3/t7?,10-;3-,6+/m01/s1. The van der Waals surface area contributed by atoms with Gasteiger partial charge in [-0.1, -0.05) is 13.8 Å². The molecular weight excluding hydrogens is 388 g/mol. The zero-order valence-corrected chi connectivity index (χ0v) is 16.6. The number of halogens is 2. The fourth-order valence-electron chi connectivity index (χ4n) is 3.92. The van der Waals surface area contributed by atoms with Gasteiger partial charge in [-0.25, -0.2) is 8.78 Å². The lowest BCUT2D eigenvalue weighted by Crippen LogP contribution is -2.55. The summed E-state index contributed by atoms with van der Waals surface area (Å²) < 4.78 is 59.1. The first-order chi connectivity index (χ1) is 12.0. The number of rotatable bonds is 5. The van der Waals surface area contributed by atoms with Crippen LogP contribution in [0.1, 0.15) is 40.0 Å². The van der Waals surface area contributed by atoms with E-state index in [1.807, 2.05) is 13.8 Å². The fraction of sp³-hybridized carbons (Fsp3) is 0.875. The number of Topliss-reactive ketones (excluding diaryl/α,β-unsaturated/α-hetero) is 1. The van der Waals surface area contributed by atoms with Crippen LogP contribution in [0.5, 0.6) is 0 Å². The Balaban J connectivity index is 0.000000279. The molecule has 0 saturated heterocycles. The molecule has 2 rings (SSSR count). The largest absolute Gasteiger partial charge is 0.468 e. The maximum absolute atomic E-state index is 12.0. The summed E-state index contributed by atoms with van der Waals surface area (Å²) in [5.41, 5.74) is 1.33. The quantitative estimate of drug-likeness (QED) is 0.441. The summed E-state index contributed by atoms with van der Waals surface area (Å²) in [6, 6.07) is -1.73. The van der Waals surface area contributed by atoms with Crippen molar-refractivity contribution in [2.45, 2.75) is 58.1 Å². The Hall–Kier alpha value is -1.17. The Morgan fingerprint density at radius 1 is 1.44 bits per heavy atom. The number of hydrogen-bond donors (Lipinski definition) is 3. The average Bonchev–Trinajstić information content (AvgIpc) is 2.86. The van der Waals surface area contributed by atoms with Gasteiger partial charge in [0.25, 0.3) is 16.5 Å². The van der Waals surface area contributed by atoms with Gasteiger partial charge in [-0.05, 0) is 31.1 Å². The second kappa shape index (κ2) is 7.69. The first-order valence-electron chi connectivity index (χ1n) is 8.35. The molecule has 2 fully saturated rings. The normalized spacial score (nSPS) is 29.7. The van der Waals surface area contributed by atoms with E-state index in [4.69, 9.17) is 15.4 Å². The molecule has 0 amide bonds. The number of ketones is 1. The highest BCUT2D eigenvalue weighted by Gasteiger charge is 2.65. The van der Waals surface area contributed by atoms with Gasteiger partial charge in [0.15, 0.2) is 0 Å². The molecule has 2 saturated carbocycles. The average molecular weight is 415 g/mol. The van der Waals surface area contributed by atoms with Crippen molar-refractivity contribution < 1.29 is 41.2 Å². The van der Waals surface area contributed by atoms with Crippen LogP contribution in [0.3, 0.4) is 0 Å². The fourth-order valence-corrected chi connectivity index (χ4v) is 5.22. The van der Waals surface area contributed by atoms with Crippen molar-refractivity contribution in [3.05, 3.63) is 0 Å². The zero-order valence-electron chi connectivity index (χ0n) is 15.7. The molecule has 0 spiro atoms. The smallest absolute Gasteiger partial charge is 0.325 e. The third-order valence-corrected chi connectivity index (χ3v) is 6.95. The molecule has 0 aliphatic heterocycles. The van der Waals surface area contributed by atoms with E-state index in [1.165, 1.54) is 0 Å². The lowest BCUT2D eigenvalue weighted by atomic mass is 9.70. The first-order valence-corrected chi connectivity index (χ1v) is 9.96. The van der Waals surface area contributed by atoms with E-state index in [0.717, 1.165) is 20.5 Å². The molecule has 8 nitrogen and oxygen atoms in total. The Morgan fingerprint density at radius 2 is 1.96 bits per heavy atom. The Labute approximate surface area is 157 Å². The molecule has 1 unspecified atom stereocenters. The second-order valence-electron chi connectivity index (χ2n) is 7.92. The van der Waals surface area contributed by atoms with Crippen molar-refractivity contribution in [3.8, 4) is 0 Å². The zero-order chi connectivity index (χ0) is 21.4. The molecule has 2 aliphatic carbocycles. The predicted molar refractivity (Wildman–Crippen MR) is 91.6 cm³/mol. The van der Waals surface area contributed by atoms with Crippen molar-refractivity contribution >= 4 is 21.9 Å². The summed E-state index contributed by atoms with van der Waals surface area (Å²) in [4.78, 5) is 22.5. The molecule has 27 heavy (non-hydrogen) atoms. The van der Waals surface area contributed by atoms with Gasteiger partial charge in [0.2, 0.25) is 0 Å². The Morgan fingerprint density at radius 3 is 2.26 bits per heavy atom. The van der Waals surface area contributed by atoms with Gasteiger partial charge in [-0.3, -0.25) is 14.1 Å². The van der Waals surface area contributed by atoms with Crippen LogP contribution in [0, 0.1) is 16.7 Å². The minimum Gasteiger partial charge on any atom is -0.468 e. The molecule has 0 aromatic heterocycles. The van der Waals surface area contributed by atoms with Crippen LogP contribution in [0.25, 0.3) is 0 Å². The molecule has 2 bridgehead atoms. The number of alkyl halides is 2. The van der Waals surface area contributed by atoms with E-state index < -0.39 is 45.3 Å². The number of hydrogen-bond acceptors (Lipinski definition) is 7. The van der Waals surface area contributed by atoms with Gasteiger partial charge < -0.3 is 15.6 Å². The summed E-state index contributed by atoms with van der Waals surface area (Å²) in [7, 11) is -3.07. The van der Waals surface area contributed by atoms with Crippen molar-refractivity contribution in [1.82, 2.24) is 0 Å². The Bertz CT molecular complexity index is 693. The maximum Gasteiger partial charge on any atom is 0.325 e. The van der Waals surface area contributed by atoms with Gasteiger partial charge in [0, 0.05) is 6.42 Å². The summed E-state index contributed by atoms with van der Waals surface area (Å²) in [5.74, 6) is -1.17. The van der Waals surface area contributed by atoms with Gasteiger partial charge >= 0.3 is 5.97 Å². The maximum atomic E-state index is 12.0. The summed E-state index contributed by atoms with van der Waals surface area (Å²) in [5, 5.41) is 8.99. The number of esters is 1. The lowest BCUT2D eigenvalue weighted by molar-refractivity contribution is -0.158. The molecule has 0 heterocycles. The minimum atomic E-state index is -4.08. The van der Waals surface area contributed by atoms with E-state index >= 15 is 0 Å². The van der Waals surface area contributed by atoms with Crippen LogP contribution in [0.15, 0.2) is 0 Å². The Kier molecular flexibility index (Phi) is 6.80. The number of aliphatic hydroxyl groups is 1. The highest BCUT2D eigenvalue weighted by molar-refractivity contribution is 7.85. The highest BCUT2D eigenvalue weighted by Crippen LogP contribution is 2.64. The first kappa shape index (κ1) is 23.9. The minimum absolute atomic E-state index is 0.0152. The van der Waals surface area contributed by atoms with Gasteiger partial charge in [0.1, 0.15) is 17.4 Å². The third kappa shape index (κ3) is 4.47. The number of methoxy groups -OCH3 is 1. The van der Waals surface area contributed by atoms with E-state index in [9.17, 15) is 26.8 Å². The SMILES string of the molecule is CC1(C)C2CC[C@]1(CS(=O)(=O)O)C(=O)C2.COC(=O)[C@@H](N)[C@](C)(O)C(F)F. The van der Waals surface area contributed by atoms with Crippen molar-refractivity contribution in [2.75, 3.05) is 12.9 Å². The molecular formula is C16H27F2NO7S. The van der Waals surface area contributed by atoms with E-state index in [-0.39, 0.29) is 17.1 Å². The van der Waals surface area contributed by atoms with E-state index in [2.05, 4.69) is 4.74 Å². The highest BCUT2D eigenvalue weighted by atomic mass is 32.2. The molecule has 11 heteroatoms. The summed E-state index contributed by atoms with van der Waals surface area (Å²) in [6.45, 7) is 4.67. The topological polar surface area (TPSA) is 144 Å². The van der Waals surface area contributed by atoms with Gasteiger partial charge in [-0.2, -0.15) is 8.42 Å². The van der Waals surface area contributed by atoms with Crippen LogP contribution in [-0.2, 0) is 24.4 Å². The molecule has 2 aliphatic rings. The van der Waals surface area contributed by atoms with E-state index in [1.54, 1.807) is 0 Å². The second-order valence-corrected chi connectivity index (χ2v) is 9.37. The molecule has 0 aromatic rings. The molecule has 4 atom stereocenters. The van der Waals surface area contributed by atoms with E-state index in [0.29, 0.717) is 12.8 Å². The number of fused-ring (bicyclic) bond motifs is 2. The van der Waals surface area contributed by atoms with Crippen LogP contribution in [-0.4, -0.2) is 60.8 Å². The van der Waals surface area contributed by atoms with Crippen molar-refractivity contribution in [2.24, 2.45) is 22.5 Å². The van der Waals surface area contributed by atoms with Gasteiger partial charge in [0.05, 0.1) is 18.3 Å². The molecule has 4 N–H and O–H groups in total. The van der Waals surface area contributed by atoms with Crippen molar-refractivity contribution in [1.29, 1.82) is 0 Å². The summed E-state index contributed by atoms with van der Waals surface area (Å²) >= 11 is 0. The number of nitrogens with two attached hydrogens (primary N) is 1. The van der Waals surface area contributed by atoms with Crippen LogP contribution >= 0.6 is 0 Å². The number of carbonyl (C=O) groups excluding carboxylic acids is 2. The van der Waals surface area contributed by atoms with Crippen LogP contribution in [0.4, 0.5) is 8.78 Å². The van der Waals surface area contributed by atoms with Gasteiger partial charge in [-0.15, -0.1) is 0 Å². The molecule has 158 valence electrons. The summed E-state index contributed by atoms with van der Waals surface area (Å²) in [6.07, 6.45) is -1.12. The monoisotopic (exact) mass is 415 g/mol. The van der Waals surface area contributed by atoms with Crippen LogP contribution in [0.2, 0.25) is 0 Å². The number of ether oxygens (including phenoxy) is 1. The van der Waals surface area contributed by atoms with Crippen molar-refractivity contribution in [3.63, 3.8) is 0 Å². The lowest BCUT2D eigenvalue weighted by Gasteiger charge is -2.35. The third-order valence-electron chi connectivity index (χ3n) is 6.09. The number of carbonyl (C=O) groups is 2. The van der Waals surface area contributed by atoms with Crippen LogP contribution < -0.4 is 5.73 Å². The molecule has 0 radical (unpaired) electrons. The molecule has 0 aromatic carbocycles.